The summed E-state index contributed by atoms with van der Waals surface area (Å²) >= 11 is 5.88. The highest BCUT2D eigenvalue weighted by atomic mass is 35.5. The first-order valence-electron chi connectivity index (χ1n) is 10.3. The van der Waals surface area contributed by atoms with Gasteiger partial charge in [0.05, 0.1) is 11.6 Å². The normalized spacial score (nSPS) is 14.6. The maximum absolute atomic E-state index is 13.3. The Bertz CT molecular complexity index is 919. The van der Waals surface area contributed by atoms with Crippen molar-refractivity contribution in [2.45, 2.75) is 39.5 Å². The summed E-state index contributed by atoms with van der Waals surface area (Å²) in [5.41, 5.74) is -2.42. The van der Waals surface area contributed by atoms with Gasteiger partial charge in [-0.05, 0) is 29.8 Å². The van der Waals surface area contributed by atoms with Gasteiger partial charge in [-0.3, -0.25) is 4.79 Å². The number of aliphatic hydroxyl groups excluding tert-OH is 1. The van der Waals surface area contributed by atoms with Crippen molar-refractivity contribution in [2.75, 3.05) is 18.5 Å². The fourth-order valence-corrected chi connectivity index (χ4v) is 3.20. The molecule has 1 aliphatic rings. The van der Waals surface area contributed by atoms with Gasteiger partial charge in [0, 0.05) is 23.4 Å². The third-order valence-electron chi connectivity index (χ3n) is 3.91. The van der Waals surface area contributed by atoms with E-state index in [-0.39, 0.29) is 23.8 Å². The van der Waals surface area contributed by atoms with Gasteiger partial charge in [0.15, 0.2) is 17.6 Å². The Balaban J connectivity index is 0.00000121. The lowest BCUT2D eigenvalue weighted by atomic mass is 10.1. The van der Waals surface area contributed by atoms with Crippen LogP contribution in [0.25, 0.3) is 6.08 Å². The maximum Gasteiger partial charge on any atom is 0.285 e. The van der Waals surface area contributed by atoms with Crippen LogP contribution in [0, 0.1) is 0 Å². The van der Waals surface area contributed by atoms with Gasteiger partial charge in [-0.2, -0.15) is 8.78 Å². The van der Waals surface area contributed by atoms with Gasteiger partial charge in [-0.15, -0.1) is 0 Å². The Morgan fingerprint density at radius 3 is 2.50 bits per heavy atom. The molecule has 2 aromatic rings. The molecule has 2 atom stereocenters. The summed E-state index contributed by atoms with van der Waals surface area (Å²) in [7, 11) is 1.43. The minimum atomic E-state index is -3.12. The molecule has 0 spiro atoms. The molecule has 3 rings (SSSR count). The summed E-state index contributed by atoms with van der Waals surface area (Å²) < 4.78 is 37.7. The zero-order valence-corrected chi connectivity index (χ0v) is 20.4. The molecule has 2 unspecified atom stereocenters. The topological polar surface area (TPSA) is 67.8 Å². The number of amides is 1. The number of anilines is 1. The molecule has 1 amide bonds. The number of hydrogen-bond donors (Lipinski definition) is 2. The molecule has 0 saturated heterocycles. The third kappa shape index (κ3) is 8.05. The van der Waals surface area contributed by atoms with E-state index in [1.807, 2.05) is 27.7 Å². The largest absolute Gasteiger partial charge is 0.486 e. The Kier molecular flexibility index (Phi) is 11.6. The van der Waals surface area contributed by atoms with Gasteiger partial charge >= 0.3 is 0 Å². The summed E-state index contributed by atoms with van der Waals surface area (Å²) in [6, 6.07) is 8.91. The van der Waals surface area contributed by atoms with Crippen LogP contribution >= 0.6 is 20.8 Å². The lowest BCUT2D eigenvalue weighted by Gasteiger charge is -2.25. The molecule has 9 heteroatoms. The average molecular weight is 488 g/mol. The van der Waals surface area contributed by atoms with E-state index >= 15 is 0 Å². The van der Waals surface area contributed by atoms with Crippen molar-refractivity contribution in [3.8, 4) is 11.5 Å². The fourth-order valence-electron chi connectivity index (χ4n) is 2.54. The molecule has 2 N–H and O–H groups in total. The minimum absolute atomic E-state index is 0.0874. The van der Waals surface area contributed by atoms with Gasteiger partial charge < -0.3 is 19.9 Å². The van der Waals surface area contributed by atoms with Gasteiger partial charge in [-0.1, -0.05) is 60.7 Å². The first kappa shape index (κ1) is 27.8. The Morgan fingerprint density at radius 2 is 1.91 bits per heavy atom. The fraction of sp³-hybridized carbons (Fsp3) is 0.348. The number of hydrogen-bond acceptors (Lipinski definition) is 4. The molecule has 0 radical (unpaired) electrons. The molecule has 0 fully saturated rings. The van der Waals surface area contributed by atoms with Crippen molar-refractivity contribution >= 4 is 38.5 Å². The molecule has 0 aliphatic carbocycles. The SMILES string of the molecule is CC.CC.O=C(/C=C/c1ccc(C(F)(F)P)c(Cl)c1)Nc1ccc2c(c1)OCC(CO)O2. The van der Waals surface area contributed by atoms with Gasteiger partial charge in [0.25, 0.3) is 5.66 Å². The van der Waals surface area contributed by atoms with Crippen LogP contribution in [-0.4, -0.2) is 30.3 Å². The lowest BCUT2D eigenvalue weighted by Crippen LogP contribution is -2.32. The summed E-state index contributed by atoms with van der Waals surface area (Å²) in [6.07, 6.45) is 2.32. The average Bonchev–Trinajstić information content (AvgIpc) is 2.79. The summed E-state index contributed by atoms with van der Waals surface area (Å²) in [6.45, 7) is 8.06. The van der Waals surface area contributed by atoms with Crippen molar-refractivity contribution in [1.82, 2.24) is 0 Å². The molecular formula is C23H29ClF2NO4P. The second-order valence-electron chi connectivity index (χ2n) is 6.08. The van der Waals surface area contributed by atoms with E-state index in [4.69, 9.17) is 26.2 Å². The van der Waals surface area contributed by atoms with Gasteiger partial charge in [0.2, 0.25) is 5.91 Å². The predicted octanol–water partition coefficient (Wildman–Crippen LogP) is 6.10. The Hall–Kier alpha value is -2.21. The number of carbonyl (C=O) groups excluding carboxylic acids is 1. The van der Waals surface area contributed by atoms with Crippen molar-refractivity contribution in [3.05, 3.63) is 58.6 Å². The minimum Gasteiger partial charge on any atom is -0.486 e. The number of nitrogens with one attached hydrogen (secondary N) is 1. The van der Waals surface area contributed by atoms with Gasteiger partial charge in [-0.25, -0.2) is 0 Å². The first-order valence-corrected chi connectivity index (χ1v) is 11.2. The van der Waals surface area contributed by atoms with Gasteiger partial charge in [0.1, 0.15) is 6.61 Å². The molecular weight excluding hydrogens is 459 g/mol. The highest BCUT2D eigenvalue weighted by Gasteiger charge is 2.27. The van der Waals surface area contributed by atoms with E-state index in [9.17, 15) is 13.6 Å². The molecule has 1 aliphatic heterocycles. The summed E-state index contributed by atoms with van der Waals surface area (Å²) in [5.74, 6) is 0.535. The molecule has 176 valence electrons. The predicted molar refractivity (Wildman–Crippen MR) is 129 cm³/mol. The lowest BCUT2D eigenvalue weighted by molar-refractivity contribution is -0.111. The van der Waals surface area contributed by atoms with Crippen molar-refractivity contribution in [1.29, 1.82) is 0 Å². The van der Waals surface area contributed by atoms with Crippen LogP contribution in [0.3, 0.4) is 0 Å². The number of fused-ring (bicyclic) bond motifs is 1. The monoisotopic (exact) mass is 487 g/mol. The number of benzene rings is 2. The second kappa shape index (κ2) is 13.4. The van der Waals surface area contributed by atoms with E-state index in [2.05, 4.69) is 5.32 Å². The smallest absolute Gasteiger partial charge is 0.285 e. The van der Waals surface area contributed by atoms with Crippen LogP contribution in [0.4, 0.5) is 14.5 Å². The quantitative estimate of drug-likeness (QED) is 0.395. The molecule has 5 nitrogen and oxygen atoms in total. The summed E-state index contributed by atoms with van der Waals surface area (Å²) in [5, 5.41) is 11.7. The molecule has 0 bridgehead atoms. The van der Waals surface area contributed by atoms with E-state index < -0.39 is 17.7 Å². The molecule has 2 aromatic carbocycles. The van der Waals surface area contributed by atoms with Crippen molar-refractivity contribution < 1.29 is 28.2 Å². The highest BCUT2D eigenvalue weighted by Crippen LogP contribution is 2.39. The number of ether oxygens (including phenoxy) is 2. The van der Waals surface area contributed by atoms with Crippen LogP contribution in [0.15, 0.2) is 42.5 Å². The first-order chi connectivity index (χ1) is 15.3. The maximum atomic E-state index is 13.3. The number of aliphatic hydroxyl groups is 1. The van der Waals surface area contributed by atoms with E-state index in [1.165, 1.54) is 39.6 Å². The van der Waals surface area contributed by atoms with E-state index in [0.717, 1.165) is 0 Å². The summed E-state index contributed by atoms with van der Waals surface area (Å²) in [4.78, 5) is 12.1. The molecule has 0 saturated carbocycles. The van der Waals surface area contributed by atoms with E-state index in [1.54, 1.807) is 18.2 Å². The molecule has 1 heterocycles. The molecule has 32 heavy (non-hydrogen) atoms. The van der Waals surface area contributed by atoms with Crippen molar-refractivity contribution in [2.24, 2.45) is 0 Å². The Morgan fingerprint density at radius 1 is 1.22 bits per heavy atom. The number of halogens is 3. The number of alkyl halides is 2. The van der Waals surface area contributed by atoms with Crippen LogP contribution < -0.4 is 14.8 Å². The van der Waals surface area contributed by atoms with Crippen LogP contribution in [0.1, 0.15) is 38.8 Å². The Labute approximate surface area is 195 Å². The second-order valence-corrected chi connectivity index (χ2v) is 7.21. The zero-order valence-electron chi connectivity index (χ0n) is 18.5. The standard InChI is InChI=1S/C19H17ClF2NO4P.2C2H6/c20-15-7-11(1-4-14(15)19(21,22)28)2-6-18(25)23-12-3-5-16-17(8-12)26-10-13(9-24)27-16;2*1-2/h1-8,13,24H,9-10,28H2,(H,23,25);2*1-2H3/b6-2+;;. The number of carbonyl (C=O) groups is 1. The number of rotatable bonds is 5. The van der Waals surface area contributed by atoms with Crippen LogP contribution in [0.5, 0.6) is 11.5 Å². The van der Waals surface area contributed by atoms with Crippen LogP contribution in [0.2, 0.25) is 5.02 Å². The van der Waals surface area contributed by atoms with Crippen molar-refractivity contribution in [3.63, 3.8) is 0 Å². The zero-order chi connectivity index (χ0) is 24.3. The van der Waals surface area contributed by atoms with E-state index in [0.29, 0.717) is 22.7 Å². The molecule has 0 aromatic heterocycles. The van der Waals surface area contributed by atoms with Crippen LogP contribution in [-0.2, 0) is 10.5 Å². The third-order valence-corrected chi connectivity index (χ3v) is 4.54. The highest BCUT2D eigenvalue weighted by molar-refractivity contribution is 7.17.